The van der Waals surface area contributed by atoms with E-state index in [4.69, 9.17) is 0 Å². The van der Waals surface area contributed by atoms with Crippen LogP contribution in [-0.2, 0) is 20.1 Å². The van der Waals surface area contributed by atoms with Crippen LogP contribution in [-0.4, -0.2) is 0 Å². The number of pyridine rings is 1. The van der Waals surface area contributed by atoms with E-state index in [0.717, 1.165) is 11.2 Å². The van der Waals surface area contributed by atoms with Gasteiger partial charge in [-0.25, -0.2) is 0 Å². The van der Waals surface area contributed by atoms with Crippen molar-refractivity contribution in [2.24, 2.45) is 0 Å². The van der Waals surface area contributed by atoms with Gasteiger partial charge in [-0.2, -0.15) is 23.3 Å². The zero-order valence-electron chi connectivity index (χ0n) is 10.9. The largest absolute Gasteiger partial charge is 0.300 e. The number of benzene rings is 2. The van der Waals surface area contributed by atoms with E-state index >= 15 is 0 Å². The first-order chi connectivity index (χ1) is 8.75. The van der Waals surface area contributed by atoms with E-state index < -0.39 is 0 Å². The van der Waals surface area contributed by atoms with Crippen LogP contribution in [0.3, 0.4) is 0 Å². The summed E-state index contributed by atoms with van der Waals surface area (Å²) in [4.78, 5) is 0. The second-order valence-corrected chi connectivity index (χ2v) is 4.54. The quantitative estimate of drug-likeness (QED) is 0.417. The number of para-hydroxylation sites is 1. The zero-order chi connectivity index (χ0) is 12.5. The fourth-order valence-corrected chi connectivity index (χ4v) is 2.09. The molecule has 0 spiro atoms. The third kappa shape index (κ3) is 2.60. The molecular formula is C17H14IrN-. The molecule has 1 aromatic heterocycles. The van der Waals surface area contributed by atoms with E-state index in [2.05, 4.69) is 61.0 Å². The molecule has 2 aromatic carbocycles. The second-order valence-electron chi connectivity index (χ2n) is 4.54. The van der Waals surface area contributed by atoms with Crippen molar-refractivity contribution >= 4 is 10.9 Å². The van der Waals surface area contributed by atoms with Gasteiger partial charge < -0.3 is 4.57 Å². The van der Waals surface area contributed by atoms with Crippen molar-refractivity contribution in [3.05, 3.63) is 71.9 Å². The van der Waals surface area contributed by atoms with Crippen LogP contribution in [0.15, 0.2) is 48.5 Å². The van der Waals surface area contributed by atoms with Crippen molar-refractivity contribution < 1.29 is 24.7 Å². The van der Waals surface area contributed by atoms with Gasteiger partial charge in [0.2, 0.25) is 0 Å². The first-order valence-corrected chi connectivity index (χ1v) is 6.06. The van der Waals surface area contributed by atoms with Crippen LogP contribution in [0, 0.1) is 26.1 Å². The summed E-state index contributed by atoms with van der Waals surface area (Å²) >= 11 is 0. The van der Waals surface area contributed by atoms with Crippen LogP contribution in [0.4, 0.5) is 0 Å². The van der Waals surface area contributed by atoms with Crippen molar-refractivity contribution in [1.29, 1.82) is 0 Å². The van der Waals surface area contributed by atoms with Crippen LogP contribution in [0.1, 0.15) is 11.1 Å². The van der Waals surface area contributed by atoms with Gasteiger partial charge in [0, 0.05) is 25.8 Å². The van der Waals surface area contributed by atoms with Crippen LogP contribution in [0.5, 0.6) is 0 Å². The predicted molar refractivity (Wildman–Crippen MR) is 72.6 cm³/mol. The molecular weight excluding hydrogens is 410 g/mol. The Hall–Kier alpha value is -1.50. The van der Waals surface area contributed by atoms with Crippen molar-refractivity contribution in [2.75, 3.05) is 0 Å². The average molecular weight is 425 g/mol. The van der Waals surface area contributed by atoms with Crippen LogP contribution in [0.25, 0.3) is 16.6 Å². The molecule has 3 aromatic rings. The maximum absolute atomic E-state index is 3.32. The Balaban J connectivity index is 0.00000133. The van der Waals surface area contributed by atoms with Crippen molar-refractivity contribution in [3.63, 3.8) is 0 Å². The Bertz CT molecular complexity index is 714. The fourth-order valence-electron chi connectivity index (χ4n) is 2.09. The molecule has 0 saturated heterocycles. The van der Waals surface area contributed by atoms with E-state index in [0.29, 0.717) is 0 Å². The molecule has 1 radical (unpaired) electrons. The number of aromatic nitrogens is 1. The van der Waals surface area contributed by atoms with Gasteiger partial charge in [-0.1, -0.05) is 38.1 Å². The van der Waals surface area contributed by atoms with Crippen LogP contribution >= 0.6 is 0 Å². The summed E-state index contributed by atoms with van der Waals surface area (Å²) < 4.78 is 2.06. The van der Waals surface area contributed by atoms with E-state index in [9.17, 15) is 0 Å². The SMILES string of the molecule is Cc1c[c-]c(-[n+]2[c-]ccc3ccccc32)cc1C.[Ir]. The summed E-state index contributed by atoms with van der Waals surface area (Å²) in [6, 6.07) is 19.8. The molecule has 0 unspecified atom stereocenters. The normalized spacial score (nSPS) is 10.2. The number of aryl methyl sites for hydroxylation is 2. The van der Waals surface area contributed by atoms with Gasteiger partial charge in [-0.3, -0.25) is 0 Å². The maximum Gasteiger partial charge on any atom is 0.150 e. The standard InChI is InChI=1S/C17H14N.Ir/c1-13-9-10-16(12-14(13)2)18-11-5-7-15-6-3-4-8-17(15)18;/h3-9,12H,1-2H3;/q-1;. The molecule has 97 valence electrons. The molecule has 0 saturated carbocycles. The van der Waals surface area contributed by atoms with Gasteiger partial charge in [-0.05, 0) is 11.5 Å². The van der Waals surface area contributed by atoms with E-state index in [-0.39, 0.29) is 20.1 Å². The van der Waals surface area contributed by atoms with Crippen molar-refractivity contribution in [2.45, 2.75) is 13.8 Å². The first kappa shape index (κ1) is 13.9. The second kappa shape index (κ2) is 5.64. The molecule has 0 N–H and O–H groups in total. The topological polar surface area (TPSA) is 3.88 Å². The van der Waals surface area contributed by atoms with E-state index in [1.54, 1.807) is 0 Å². The zero-order valence-corrected chi connectivity index (χ0v) is 13.3. The summed E-state index contributed by atoms with van der Waals surface area (Å²) in [5.74, 6) is 0. The van der Waals surface area contributed by atoms with Gasteiger partial charge in [0.05, 0.1) is 0 Å². The Morgan fingerprint density at radius 1 is 1.00 bits per heavy atom. The molecule has 0 atom stereocenters. The number of rotatable bonds is 1. The minimum atomic E-state index is 0. The molecule has 0 aliphatic carbocycles. The van der Waals surface area contributed by atoms with Gasteiger partial charge >= 0.3 is 0 Å². The van der Waals surface area contributed by atoms with Crippen LogP contribution < -0.4 is 4.57 Å². The summed E-state index contributed by atoms with van der Waals surface area (Å²) in [6.45, 7) is 4.23. The first-order valence-electron chi connectivity index (χ1n) is 6.06. The molecule has 0 aliphatic heterocycles. The number of hydrogen-bond donors (Lipinski definition) is 0. The average Bonchev–Trinajstić information content (AvgIpc) is 2.41. The summed E-state index contributed by atoms with van der Waals surface area (Å²) in [5.41, 5.74) is 4.73. The molecule has 1 heterocycles. The smallest absolute Gasteiger partial charge is 0.150 e. The van der Waals surface area contributed by atoms with Crippen LogP contribution in [0.2, 0.25) is 0 Å². The van der Waals surface area contributed by atoms with E-state index in [1.807, 2.05) is 18.2 Å². The summed E-state index contributed by atoms with van der Waals surface area (Å²) in [6.07, 6.45) is 3.26. The van der Waals surface area contributed by atoms with Gasteiger partial charge in [0.1, 0.15) is 5.52 Å². The molecule has 0 amide bonds. The fraction of sp³-hybridized carbons (Fsp3) is 0.118. The molecule has 0 bridgehead atoms. The minimum absolute atomic E-state index is 0. The number of fused-ring (bicyclic) bond motifs is 1. The van der Waals surface area contributed by atoms with Crippen molar-refractivity contribution in [1.82, 2.24) is 0 Å². The number of hydrogen-bond acceptors (Lipinski definition) is 0. The van der Waals surface area contributed by atoms with Crippen molar-refractivity contribution in [3.8, 4) is 5.69 Å². The molecule has 3 rings (SSSR count). The van der Waals surface area contributed by atoms with Gasteiger partial charge in [0.15, 0.2) is 6.20 Å². The Labute approximate surface area is 127 Å². The molecule has 2 heteroatoms. The Morgan fingerprint density at radius 3 is 2.58 bits per heavy atom. The monoisotopic (exact) mass is 425 g/mol. The minimum Gasteiger partial charge on any atom is -0.300 e. The predicted octanol–water partition coefficient (Wildman–Crippen LogP) is 3.33. The third-order valence-electron chi connectivity index (χ3n) is 3.30. The van der Waals surface area contributed by atoms with Gasteiger partial charge in [-0.15, -0.1) is 12.1 Å². The van der Waals surface area contributed by atoms with E-state index in [1.165, 1.54) is 16.5 Å². The molecule has 1 nitrogen and oxygen atoms in total. The third-order valence-corrected chi connectivity index (χ3v) is 3.30. The molecule has 0 aliphatic rings. The molecule has 0 fully saturated rings. The Morgan fingerprint density at radius 2 is 1.79 bits per heavy atom. The summed E-state index contributed by atoms with van der Waals surface area (Å²) in [7, 11) is 0. The Kier molecular flexibility index (Phi) is 4.14. The summed E-state index contributed by atoms with van der Waals surface area (Å²) in [5, 5.41) is 1.21. The maximum atomic E-state index is 3.32. The number of nitrogens with zero attached hydrogens (tertiary/aromatic N) is 1. The molecule has 19 heavy (non-hydrogen) atoms. The van der Waals surface area contributed by atoms with Gasteiger partial charge in [0.25, 0.3) is 0 Å².